The second kappa shape index (κ2) is 8.16. The van der Waals surface area contributed by atoms with Crippen LogP contribution in [0.1, 0.15) is 12.1 Å². The monoisotopic (exact) mass is 407 g/mol. The highest BCUT2D eigenvalue weighted by atomic mass is 16.6. The first-order chi connectivity index (χ1) is 14.0. The first kappa shape index (κ1) is 19.9. The standard InChI is InChI=1S/C17H25N7O5/c1-9-21-15-12(16(28)22-9)20-8-24(15)17-14(27)13(26)10(29-17)6-19-7-11(25)23-4-2-18-3-5-23/h8,10,13-14,17-19,26-27H,2-7H2,1H3,(H,21,22,28)/t10-,13-,14-,17-/m1/s1. The number of nitrogens with one attached hydrogen (secondary N) is 3. The Morgan fingerprint density at radius 1 is 1.34 bits per heavy atom. The molecule has 158 valence electrons. The number of hydrogen-bond acceptors (Lipinski definition) is 9. The molecule has 4 atom stereocenters. The maximum Gasteiger partial charge on any atom is 0.279 e. The van der Waals surface area contributed by atoms with Crippen molar-refractivity contribution in [3.8, 4) is 0 Å². The highest BCUT2D eigenvalue weighted by Crippen LogP contribution is 2.30. The number of imidazole rings is 1. The van der Waals surface area contributed by atoms with Gasteiger partial charge >= 0.3 is 0 Å². The van der Waals surface area contributed by atoms with Crippen molar-refractivity contribution in [3.63, 3.8) is 0 Å². The molecule has 0 saturated carbocycles. The van der Waals surface area contributed by atoms with Crippen LogP contribution in [-0.4, -0.2) is 98.1 Å². The van der Waals surface area contributed by atoms with Gasteiger partial charge in [-0.1, -0.05) is 0 Å². The van der Waals surface area contributed by atoms with Crippen molar-refractivity contribution >= 4 is 17.1 Å². The van der Waals surface area contributed by atoms with Crippen LogP contribution in [0.2, 0.25) is 0 Å². The molecule has 2 aliphatic heterocycles. The number of aromatic amines is 1. The molecule has 0 unspecified atom stereocenters. The molecule has 0 aromatic carbocycles. The average molecular weight is 407 g/mol. The molecule has 5 N–H and O–H groups in total. The quantitative estimate of drug-likeness (QED) is 0.350. The van der Waals surface area contributed by atoms with Crippen LogP contribution >= 0.6 is 0 Å². The zero-order chi connectivity index (χ0) is 20.5. The number of fused-ring (bicyclic) bond motifs is 1. The summed E-state index contributed by atoms with van der Waals surface area (Å²) in [6.07, 6.45) is -2.71. The van der Waals surface area contributed by atoms with Crippen molar-refractivity contribution < 1.29 is 19.7 Å². The lowest BCUT2D eigenvalue weighted by atomic mass is 10.1. The first-order valence-corrected chi connectivity index (χ1v) is 9.60. The third-order valence-corrected chi connectivity index (χ3v) is 5.25. The predicted molar refractivity (Wildman–Crippen MR) is 101 cm³/mol. The molecule has 4 rings (SSSR count). The van der Waals surface area contributed by atoms with Crippen molar-refractivity contribution in [2.75, 3.05) is 39.3 Å². The number of piperazine rings is 1. The van der Waals surface area contributed by atoms with E-state index in [9.17, 15) is 19.8 Å². The normalized spacial score (nSPS) is 27.6. The van der Waals surface area contributed by atoms with Crippen molar-refractivity contribution in [2.24, 2.45) is 0 Å². The van der Waals surface area contributed by atoms with E-state index in [1.807, 2.05) is 0 Å². The highest BCUT2D eigenvalue weighted by Gasteiger charge is 2.44. The SMILES string of the molecule is Cc1nc2c(ncn2[C@@H]2O[C@H](CNCC(=O)N3CCNCC3)[C@@H](O)[C@H]2O)c(=O)[nH]1. The molecular formula is C17H25N7O5. The number of hydrogen-bond donors (Lipinski definition) is 5. The number of carbonyl (C=O) groups is 1. The van der Waals surface area contributed by atoms with E-state index < -0.39 is 24.5 Å². The van der Waals surface area contributed by atoms with Gasteiger partial charge < -0.3 is 35.5 Å². The van der Waals surface area contributed by atoms with E-state index in [2.05, 4.69) is 25.6 Å². The lowest BCUT2D eigenvalue weighted by molar-refractivity contribution is -0.130. The predicted octanol–water partition coefficient (Wildman–Crippen LogP) is -2.93. The summed E-state index contributed by atoms with van der Waals surface area (Å²) in [4.78, 5) is 36.9. The highest BCUT2D eigenvalue weighted by molar-refractivity contribution is 5.78. The van der Waals surface area contributed by atoms with Gasteiger partial charge in [0.2, 0.25) is 5.91 Å². The third kappa shape index (κ3) is 3.89. The van der Waals surface area contributed by atoms with E-state index in [4.69, 9.17) is 4.74 Å². The van der Waals surface area contributed by atoms with E-state index in [1.165, 1.54) is 10.9 Å². The summed E-state index contributed by atoms with van der Waals surface area (Å²) >= 11 is 0. The maximum absolute atomic E-state index is 12.2. The summed E-state index contributed by atoms with van der Waals surface area (Å²) < 4.78 is 7.26. The number of aliphatic hydroxyl groups excluding tert-OH is 2. The molecule has 0 bridgehead atoms. The third-order valence-electron chi connectivity index (χ3n) is 5.25. The summed E-state index contributed by atoms with van der Waals surface area (Å²) in [7, 11) is 0. The summed E-state index contributed by atoms with van der Waals surface area (Å²) in [5, 5.41) is 27.0. The Bertz CT molecular complexity index is 938. The maximum atomic E-state index is 12.2. The number of amides is 1. The van der Waals surface area contributed by atoms with Gasteiger partial charge in [0.15, 0.2) is 17.4 Å². The number of H-pyrrole nitrogens is 1. The molecule has 0 aliphatic carbocycles. The van der Waals surface area contributed by atoms with Crippen LogP contribution in [0.25, 0.3) is 11.2 Å². The molecule has 4 heterocycles. The molecule has 1 amide bonds. The number of rotatable bonds is 5. The van der Waals surface area contributed by atoms with Gasteiger partial charge in [0, 0.05) is 32.7 Å². The number of carbonyl (C=O) groups excluding carboxylic acids is 1. The Hall–Kier alpha value is -2.38. The average Bonchev–Trinajstić information content (AvgIpc) is 3.25. The number of aromatic nitrogens is 4. The Morgan fingerprint density at radius 2 is 2.10 bits per heavy atom. The van der Waals surface area contributed by atoms with Gasteiger partial charge in [0.05, 0.1) is 12.9 Å². The van der Waals surface area contributed by atoms with Crippen LogP contribution in [0.5, 0.6) is 0 Å². The number of aliphatic hydroxyl groups is 2. The van der Waals surface area contributed by atoms with Crippen LogP contribution in [-0.2, 0) is 9.53 Å². The Balaban J connectivity index is 1.40. The van der Waals surface area contributed by atoms with Gasteiger partial charge in [-0.2, -0.15) is 0 Å². The van der Waals surface area contributed by atoms with Crippen molar-refractivity contribution in [1.82, 2.24) is 35.1 Å². The molecule has 2 aromatic heterocycles. The van der Waals surface area contributed by atoms with E-state index >= 15 is 0 Å². The lowest BCUT2D eigenvalue weighted by Crippen LogP contribution is -2.50. The lowest BCUT2D eigenvalue weighted by Gasteiger charge is -2.27. The summed E-state index contributed by atoms with van der Waals surface area (Å²) in [6.45, 7) is 4.84. The minimum absolute atomic E-state index is 0.0180. The fourth-order valence-electron chi connectivity index (χ4n) is 3.70. The van der Waals surface area contributed by atoms with Crippen LogP contribution in [0.3, 0.4) is 0 Å². The minimum Gasteiger partial charge on any atom is -0.387 e. The van der Waals surface area contributed by atoms with Gasteiger partial charge in [-0.05, 0) is 6.92 Å². The Labute approximate surface area is 165 Å². The second-order valence-electron chi connectivity index (χ2n) is 7.28. The Kier molecular flexibility index (Phi) is 5.61. The van der Waals surface area contributed by atoms with Crippen molar-refractivity contribution in [3.05, 3.63) is 22.5 Å². The van der Waals surface area contributed by atoms with E-state index in [0.717, 1.165) is 13.1 Å². The second-order valence-corrected chi connectivity index (χ2v) is 7.28. The zero-order valence-corrected chi connectivity index (χ0v) is 16.0. The van der Waals surface area contributed by atoms with Crippen LogP contribution in [0.4, 0.5) is 0 Å². The minimum atomic E-state index is -1.23. The summed E-state index contributed by atoms with van der Waals surface area (Å²) in [5.74, 6) is 0.387. The van der Waals surface area contributed by atoms with Gasteiger partial charge in [-0.3, -0.25) is 14.2 Å². The number of ether oxygens (including phenoxy) is 1. The molecule has 0 spiro atoms. The van der Waals surface area contributed by atoms with Crippen molar-refractivity contribution in [1.29, 1.82) is 0 Å². The Morgan fingerprint density at radius 3 is 2.86 bits per heavy atom. The summed E-state index contributed by atoms with van der Waals surface area (Å²) in [5.41, 5.74) is 0.0120. The smallest absolute Gasteiger partial charge is 0.279 e. The fraction of sp³-hybridized carbons (Fsp3) is 0.647. The molecule has 2 fully saturated rings. The molecule has 12 nitrogen and oxygen atoms in total. The first-order valence-electron chi connectivity index (χ1n) is 9.60. The topological polar surface area (TPSA) is 158 Å². The van der Waals surface area contributed by atoms with Crippen LogP contribution < -0.4 is 16.2 Å². The van der Waals surface area contributed by atoms with Gasteiger partial charge in [-0.15, -0.1) is 0 Å². The molecule has 2 saturated heterocycles. The fourth-order valence-corrected chi connectivity index (χ4v) is 3.70. The molecule has 12 heteroatoms. The van der Waals surface area contributed by atoms with Crippen LogP contribution in [0, 0.1) is 6.92 Å². The molecule has 0 radical (unpaired) electrons. The van der Waals surface area contributed by atoms with Gasteiger partial charge in [0.25, 0.3) is 5.56 Å². The number of aryl methyl sites for hydroxylation is 1. The largest absolute Gasteiger partial charge is 0.387 e. The molecule has 2 aromatic rings. The summed E-state index contributed by atoms with van der Waals surface area (Å²) in [6, 6.07) is 0. The van der Waals surface area contributed by atoms with Gasteiger partial charge in [-0.25, -0.2) is 9.97 Å². The van der Waals surface area contributed by atoms with Crippen molar-refractivity contribution in [2.45, 2.75) is 31.5 Å². The zero-order valence-electron chi connectivity index (χ0n) is 16.0. The molecule has 29 heavy (non-hydrogen) atoms. The molecular weight excluding hydrogens is 382 g/mol. The van der Waals surface area contributed by atoms with Gasteiger partial charge in [0.1, 0.15) is 24.1 Å². The van der Waals surface area contributed by atoms with E-state index in [-0.39, 0.29) is 35.7 Å². The van der Waals surface area contributed by atoms with Crippen LogP contribution in [0.15, 0.2) is 11.1 Å². The number of nitrogens with zero attached hydrogens (tertiary/aromatic N) is 4. The molecule has 2 aliphatic rings. The van der Waals surface area contributed by atoms with E-state index in [1.54, 1.807) is 11.8 Å². The van der Waals surface area contributed by atoms with E-state index in [0.29, 0.717) is 18.9 Å².